The highest BCUT2D eigenvalue weighted by molar-refractivity contribution is 5.23. The maximum Gasteiger partial charge on any atom is 0.131 e. The van der Waals surface area contributed by atoms with Crippen molar-refractivity contribution in [3.05, 3.63) is 23.3 Å². The highest BCUT2D eigenvalue weighted by Crippen LogP contribution is 2.45. The normalized spacial score (nSPS) is 31.1. The summed E-state index contributed by atoms with van der Waals surface area (Å²) in [5.41, 5.74) is 2.70. The predicted molar refractivity (Wildman–Crippen MR) is 68.0 cm³/mol. The highest BCUT2D eigenvalue weighted by atomic mass is 14.9. The van der Waals surface area contributed by atoms with E-state index in [2.05, 4.69) is 23.4 Å². The van der Waals surface area contributed by atoms with E-state index in [1.165, 1.54) is 24.1 Å². The van der Waals surface area contributed by atoms with Crippen molar-refractivity contribution < 1.29 is 0 Å². The summed E-state index contributed by atoms with van der Waals surface area (Å²) in [4.78, 5) is 9.36. The summed E-state index contributed by atoms with van der Waals surface area (Å²) in [5.74, 6) is 3.31. The zero-order valence-electron chi connectivity index (χ0n) is 10.7. The van der Waals surface area contributed by atoms with Crippen LogP contribution in [0.3, 0.4) is 0 Å². The van der Waals surface area contributed by atoms with Crippen LogP contribution in [-0.2, 0) is 12.8 Å². The summed E-state index contributed by atoms with van der Waals surface area (Å²) in [6.45, 7) is 3.40. The van der Waals surface area contributed by atoms with Gasteiger partial charge in [0.25, 0.3) is 0 Å². The second-order valence-electron chi connectivity index (χ2n) is 5.69. The lowest BCUT2D eigenvalue weighted by molar-refractivity contribution is 0.433. The van der Waals surface area contributed by atoms with Crippen molar-refractivity contribution in [2.24, 2.45) is 11.8 Å². The van der Waals surface area contributed by atoms with Gasteiger partial charge in [-0.25, -0.2) is 9.97 Å². The standard InChI is InChI=1S/C14H21N3/c1-9-5-12(9)14-16-8-11-6-10(7-15-2)3-4-13(11)17-14/h8-10,12,15H,3-7H2,1-2H3. The van der Waals surface area contributed by atoms with Crippen molar-refractivity contribution in [2.75, 3.05) is 13.6 Å². The number of aryl methyl sites for hydroxylation is 1. The van der Waals surface area contributed by atoms with E-state index in [-0.39, 0.29) is 0 Å². The Hall–Kier alpha value is -0.960. The molecule has 1 fully saturated rings. The molecule has 0 radical (unpaired) electrons. The van der Waals surface area contributed by atoms with Gasteiger partial charge in [-0.1, -0.05) is 6.92 Å². The van der Waals surface area contributed by atoms with Gasteiger partial charge in [0, 0.05) is 17.8 Å². The molecule has 3 heteroatoms. The van der Waals surface area contributed by atoms with Crippen molar-refractivity contribution >= 4 is 0 Å². The maximum absolute atomic E-state index is 4.79. The first-order valence-electron chi connectivity index (χ1n) is 6.77. The monoisotopic (exact) mass is 231 g/mol. The zero-order chi connectivity index (χ0) is 11.8. The number of rotatable bonds is 3. The minimum Gasteiger partial charge on any atom is -0.319 e. The molecule has 1 heterocycles. The molecule has 1 N–H and O–H groups in total. The second kappa shape index (κ2) is 4.37. The summed E-state index contributed by atoms with van der Waals surface area (Å²) >= 11 is 0. The van der Waals surface area contributed by atoms with E-state index in [4.69, 9.17) is 4.98 Å². The quantitative estimate of drug-likeness (QED) is 0.863. The lowest BCUT2D eigenvalue weighted by atomic mass is 9.87. The molecule has 1 aromatic heterocycles. The van der Waals surface area contributed by atoms with Crippen molar-refractivity contribution in [1.29, 1.82) is 0 Å². The Kier molecular flexibility index (Phi) is 2.87. The maximum atomic E-state index is 4.79. The molecule has 0 spiro atoms. The molecule has 0 amide bonds. The average Bonchev–Trinajstić information content (AvgIpc) is 3.06. The summed E-state index contributed by atoms with van der Waals surface area (Å²) in [5, 5.41) is 3.27. The third-order valence-corrected chi connectivity index (χ3v) is 4.20. The van der Waals surface area contributed by atoms with Gasteiger partial charge in [0.05, 0.1) is 0 Å². The van der Waals surface area contributed by atoms with E-state index >= 15 is 0 Å². The Labute approximate surface area is 103 Å². The molecule has 3 unspecified atom stereocenters. The molecule has 17 heavy (non-hydrogen) atoms. The van der Waals surface area contributed by atoms with Crippen molar-refractivity contribution in [3.63, 3.8) is 0 Å². The third kappa shape index (κ3) is 2.21. The Morgan fingerprint density at radius 2 is 2.29 bits per heavy atom. The predicted octanol–water partition coefficient (Wildman–Crippen LogP) is 1.92. The third-order valence-electron chi connectivity index (χ3n) is 4.20. The molecule has 1 saturated carbocycles. The molecule has 2 aliphatic rings. The van der Waals surface area contributed by atoms with Crippen LogP contribution in [0.4, 0.5) is 0 Å². The van der Waals surface area contributed by atoms with Crippen molar-refractivity contribution in [3.8, 4) is 0 Å². The number of nitrogens with one attached hydrogen (secondary N) is 1. The molecule has 92 valence electrons. The SMILES string of the molecule is CNCC1CCc2nc(C3CC3C)ncc2C1. The van der Waals surface area contributed by atoms with Crippen LogP contribution in [0.15, 0.2) is 6.20 Å². The summed E-state index contributed by atoms with van der Waals surface area (Å²) in [6, 6.07) is 0. The fourth-order valence-electron chi connectivity index (χ4n) is 2.92. The van der Waals surface area contributed by atoms with E-state index in [1.807, 2.05) is 7.05 Å². The number of hydrogen-bond acceptors (Lipinski definition) is 3. The van der Waals surface area contributed by atoms with Gasteiger partial charge in [0.1, 0.15) is 5.82 Å². The molecule has 2 aliphatic carbocycles. The van der Waals surface area contributed by atoms with Gasteiger partial charge in [0.15, 0.2) is 0 Å². The minimum atomic E-state index is 0.648. The lowest BCUT2D eigenvalue weighted by Gasteiger charge is -2.23. The van der Waals surface area contributed by atoms with Crippen LogP contribution in [-0.4, -0.2) is 23.6 Å². The average molecular weight is 231 g/mol. The van der Waals surface area contributed by atoms with Gasteiger partial charge < -0.3 is 5.32 Å². The Balaban J connectivity index is 1.77. The zero-order valence-corrected chi connectivity index (χ0v) is 10.7. The van der Waals surface area contributed by atoms with Crippen molar-refractivity contribution in [2.45, 2.75) is 38.5 Å². The van der Waals surface area contributed by atoms with Gasteiger partial charge in [0.2, 0.25) is 0 Å². The summed E-state index contributed by atoms with van der Waals surface area (Å²) in [7, 11) is 2.03. The fourth-order valence-corrected chi connectivity index (χ4v) is 2.92. The number of hydrogen-bond donors (Lipinski definition) is 1. The second-order valence-corrected chi connectivity index (χ2v) is 5.69. The largest absolute Gasteiger partial charge is 0.319 e. The first kappa shape index (κ1) is 11.1. The van der Waals surface area contributed by atoms with E-state index in [0.29, 0.717) is 5.92 Å². The molecular formula is C14H21N3. The topological polar surface area (TPSA) is 37.8 Å². The first-order valence-corrected chi connectivity index (χ1v) is 6.77. The van der Waals surface area contributed by atoms with Crippen molar-refractivity contribution in [1.82, 2.24) is 15.3 Å². The van der Waals surface area contributed by atoms with Crippen LogP contribution in [0.2, 0.25) is 0 Å². The van der Waals surface area contributed by atoms with E-state index in [9.17, 15) is 0 Å². The summed E-state index contributed by atoms with van der Waals surface area (Å²) in [6.07, 6.45) is 6.92. The smallest absolute Gasteiger partial charge is 0.131 e. The van der Waals surface area contributed by atoms with Crippen LogP contribution in [0, 0.1) is 11.8 Å². The molecule has 0 saturated heterocycles. The van der Waals surface area contributed by atoms with Gasteiger partial charge in [-0.15, -0.1) is 0 Å². The van der Waals surface area contributed by atoms with Crippen LogP contribution >= 0.6 is 0 Å². The van der Waals surface area contributed by atoms with E-state index < -0.39 is 0 Å². The molecule has 1 aromatic rings. The van der Waals surface area contributed by atoms with Gasteiger partial charge >= 0.3 is 0 Å². The Morgan fingerprint density at radius 3 is 3.00 bits per heavy atom. The van der Waals surface area contributed by atoms with Gasteiger partial charge in [-0.05, 0) is 56.7 Å². The molecule has 0 bridgehead atoms. The van der Waals surface area contributed by atoms with Crippen LogP contribution < -0.4 is 5.32 Å². The molecule has 3 atom stereocenters. The number of aromatic nitrogens is 2. The van der Waals surface area contributed by atoms with Crippen LogP contribution in [0.25, 0.3) is 0 Å². The first-order chi connectivity index (χ1) is 8.28. The number of nitrogens with zero attached hydrogens (tertiary/aromatic N) is 2. The van der Waals surface area contributed by atoms with Crippen LogP contribution in [0.1, 0.15) is 42.8 Å². The minimum absolute atomic E-state index is 0.648. The van der Waals surface area contributed by atoms with E-state index in [1.54, 1.807) is 0 Å². The van der Waals surface area contributed by atoms with Gasteiger partial charge in [-0.2, -0.15) is 0 Å². The number of fused-ring (bicyclic) bond motifs is 1. The summed E-state index contributed by atoms with van der Waals surface area (Å²) < 4.78 is 0. The Bertz CT molecular complexity index is 416. The highest BCUT2D eigenvalue weighted by Gasteiger charge is 2.37. The molecule has 0 aromatic carbocycles. The lowest BCUT2D eigenvalue weighted by Crippen LogP contribution is -2.25. The van der Waals surface area contributed by atoms with Crippen LogP contribution in [0.5, 0.6) is 0 Å². The molecule has 3 rings (SSSR count). The van der Waals surface area contributed by atoms with Gasteiger partial charge in [-0.3, -0.25) is 0 Å². The fraction of sp³-hybridized carbons (Fsp3) is 0.714. The molecular weight excluding hydrogens is 210 g/mol. The molecule has 0 aliphatic heterocycles. The van der Waals surface area contributed by atoms with E-state index in [0.717, 1.165) is 37.0 Å². The Morgan fingerprint density at radius 1 is 1.47 bits per heavy atom. The molecule has 3 nitrogen and oxygen atoms in total.